The smallest absolute Gasteiger partial charge is 0.244 e. The number of aryl methyl sites for hydroxylation is 1. The number of nitrogens with zero attached hydrogens (tertiary/aromatic N) is 2. The largest absolute Gasteiger partial charge is 0.326 e. The first-order valence-electron chi connectivity index (χ1n) is 8.35. The number of rotatable bonds is 4. The molecule has 6 nitrogen and oxygen atoms in total. The molecule has 0 unspecified atom stereocenters. The second-order valence-electron chi connectivity index (χ2n) is 6.34. The van der Waals surface area contributed by atoms with Gasteiger partial charge in [0.15, 0.2) is 0 Å². The van der Waals surface area contributed by atoms with E-state index in [4.69, 9.17) is 0 Å². The van der Waals surface area contributed by atoms with Crippen LogP contribution < -0.4 is 5.32 Å². The lowest BCUT2D eigenvalue weighted by molar-refractivity contribution is -0.120. The number of carbonyl (C=O) groups excluding carboxylic acids is 1. The number of halogens is 1. The highest BCUT2D eigenvalue weighted by Gasteiger charge is 2.33. The molecule has 1 N–H and O–H groups in total. The van der Waals surface area contributed by atoms with E-state index in [1.807, 2.05) is 25.1 Å². The first-order valence-corrected chi connectivity index (χ1v) is 10.6. The van der Waals surface area contributed by atoms with Gasteiger partial charge >= 0.3 is 0 Å². The molecule has 0 saturated carbocycles. The van der Waals surface area contributed by atoms with E-state index >= 15 is 0 Å². The molecule has 1 aromatic carbocycles. The highest BCUT2D eigenvalue weighted by molar-refractivity contribution is 9.10. The summed E-state index contributed by atoms with van der Waals surface area (Å²) in [6.07, 6.45) is 4.19. The molecule has 2 aromatic rings. The minimum Gasteiger partial charge on any atom is -0.326 e. The lowest BCUT2D eigenvalue weighted by Gasteiger charge is -2.31. The molecule has 2 heterocycles. The molecule has 1 saturated heterocycles. The van der Waals surface area contributed by atoms with Crippen LogP contribution in [0.5, 0.6) is 0 Å². The van der Waals surface area contributed by atoms with Crippen molar-refractivity contribution in [1.29, 1.82) is 0 Å². The second kappa shape index (κ2) is 7.85. The number of piperidine rings is 1. The third-order valence-corrected chi connectivity index (χ3v) is 7.19. The number of hydrogen-bond donors (Lipinski definition) is 1. The van der Waals surface area contributed by atoms with Gasteiger partial charge in [0, 0.05) is 35.6 Å². The molecule has 0 aliphatic carbocycles. The average Bonchev–Trinajstić information content (AvgIpc) is 2.65. The Balaban J connectivity index is 1.71. The Labute approximate surface area is 161 Å². The van der Waals surface area contributed by atoms with Crippen LogP contribution in [0.15, 0.2) is 52.1 Å². The third-order valence-electron chi connectivity index (χ3n) is 4.45. The molecule has 1 atom stereocenters. The molecule has 26 heavy (non-hydrogen) atoms. The van der Waals surface area contributed by atoms with Crippen molar-refractivity contribution in [1.82, 2.24) is 9.29 Å². The van der Waals surface area contributed by atoms with Gasteiger partial charge in [0.05, 0.1) is 5.92 Å². The van der Waals surface area contributed by atoms with Crippen molar-refractivity contribution in [3.63, 3.8) is 0 Å². The van der Waals surface area contributed by atoms with E-state index in [1.54, 1.807) is 6.07 Å². The maximum atomic E-state index is 12.7. The molecular weight excluding hydrogens is 418 g/mol. The summed E-state index contributed by atoms with van der Waals surface area (Å²) in [5.74, 6) is -0.531. The lowest BCUT2D eigenvalue weighted by Crippen LogP contribution is -2.43. The van der Waals surface area contributed by atoms with Gasteiger partial charge in [-0.05, 0) is 55.7 Å². The number of benzene rings is 1. The maximum Gasteiger partial charge on any atom is 0.244 e. The van der Waals surface area contributed by atoms with E-state index in [2.05, 4.69) is 26.2 Å². The van der Waals surface area contributed by atoms with E-state index in [1.165, 1.54) is 22.8 Å². The number of carbonyl (C=O) groups is 1. The minimum atomic E-state index is -3.63. The van der Waals surface area contributed by atoms with E-state index < -0.39 is 10.0 Å². The van der Waals surface area contributed by atoms with Crippen LogP contribution in [0.3, 0.4) is 0 Å². The van der Waals surface area contributed by atoms with Crippen molar-refractivity contribution in [3.05, 3.63) is 52.8 Å². The molecule has 1 fully saturated rings. The molecule has 1 amide bonds. The first kappa shape index (κ1) is 19.0. The fourth-order valence-electron chi connectivity index (χ4n) is 2.99. The van der Waals surface area contributed by atoms with E-state index in [-0.39, 0.29) is 23.3 Å². The highest BCUT2D eigenvalue weighted by Crippen LogP contribution is 2.25. The van der Waals surface area contributed by atoms with Crippen molar-refractivity contribution in [2.75, 3.05) is 18.4 Å². The molecule has 3 rings (SSSR count). The monoisotopic (exact) mass is 437 g/mol. The molecule has 8 heteroatoms. The normalized spacial score (nSPS) is 18.5. The highest BCUT2D eigenvalue weighted by atomic mass is 79.9. The Morgan fingerprint density at radius 3 is 2.85 bits per heavy atom. The van der Waals surface area contributed by atoms with Gasteiger partial charge in [-0.2, -0.15) is 4.31 Å². The van der Waals surface area contributed by atoms with Crippen molar-refractivity contribution < 1.29 is 13.2 Å². The zero-order valence-electron chi connectivity index (χ0n) is 14.4. The van der Waals surface area contributed by atoms with Crippen LogP contribution in [0.2, 0.25) is 0 Å². The van der Waals surface area contributed by atoms with Gasteiger partial charge in [-0.1, -0.05) is 15.9 Å². The molecule has 0 bridgehead atoms. The predicted molar refractivity (Wildman–Crippen MR) is 103 cm³/mol. The van der Waals surface area contributed by atoms with E-state index in [0.717, 1.165) is 10.0 Å². The van der Waals surface area contributed by atoms with Gasteiger partial charge in [-0.15, -0.1) is 0 Å². The summed E-state index contributed by atoms with van der Waals surface area (Å²) >= 11 is 3.43. The summed E-state index contributed by atoms with van der Waals surface area (Å²) in [4.78, 5) is 16.7. The second-order valence-corrected chi connectivity index (χ2v) is 9.14. The Hall–Kier alpha value is -1.77. The fourth-order valence-corrected chi connectivity index (χ4v) is 4.73. The number of amides is 1. The van der Waals surface area contributed by atoms with Gasteiger partial charge in [0.1, 0.15) is 4.90 Å². The summed E-state index contributed by atoms with van der Waals surface area (Å²) in [6.45, 7) is 2.54. The predicted octanol–water partition coefficient (Wildman–Crippen LogP) is 3.19. The maximum absolute atomic E-state index is 12.7. The molecule has 0 spiro atoms. The number of aromatic nitrogens is 1. The van der Waals surface area contributed by atoms with Gasteiger partial charge < -0.3 is 5.32 Å². The van der Waals surface area contributed by atoms with Crippen LogP contribution in [-0.2, 0) is 14.8 Å². The molecule has 1 aliphatic heterocycles. The molecular formula is C18H20BrN3O3S. The van der Waals surface area contributed by atoms with Crippen molar-refractivity contribution in [3.8, 4) is 0 Å². The van der Waals surface area contributed by atoms with Crippen LogP contribution in [0.4, 0.5) is 5.69 Å². The molecule has 1 aromatic heterocycles. The van der Waals surface area contributed by atoms with Gasteiger partial charge in [-0.3, -0.25) is 9.78 Å². The summed E-state index contributed by atoms with van der Waals surface area (Å²) in [5, 5.41) is 2.90. The average molecular weight is 438 g/mol. The Morgan fingerprint density at radius 2 is 2.15 bits per heavy atom. The van der Waals surface area contributed by atoms with Crippen molar-refractivity contribution in [2.24, 2.45) is 5.92 Å². The number of anilines is 1. The van der Waals surface area contributed by atoms with Crippen molar-refractivity contribution >= 4 is 37.5 Å². The van der Waals surface area contributed by atoms with E-state index in [0.29, 0.717) is 25.1 Å². The number of pyridine rings is 1. The summed E-state index contributed by atoms with van der Waals surface area (Å²) in [7, 11) is -3.63. The summed E-state index contributed by atoms with van der Waals surface area (Å²) in [6, 6.07) is 8.70. The SMILES string of the molecule is Cc1cc(NC(=O)[C@H]2CCCN(S(=O)(=O)c3cccnc3)C2)ccc1Br. The fraction of sp³-hybridized carbons (Fsp3) is 0.333. The topological polar surface area (TPSA) is 79.4 Å². The third kappa shape index (κ3) is 4.13. The zero-order valence-corrected chi connectivity index (χ0v) is 16.8. The quantitative estimate of drug-likeness (QED) is 0.796. The Bertz CT molecular complexity index is 903. The minimum absolute atomic E-state index is 0.155. The lowest BCUT2D eigenvalue weighted by atomic mass is 9.98. The van der Waals surface area contributed by atoms with Gasteiger partial charge in [0.2, 0.25) is 15.9 Å². The first-order chi connectivity index (χ1) is 12.4. The Kier molecular flexibility index (Phi) is 5.74. The molecule has 138 valence electrons. The summed E-state index contributed by atoms with van der Waals surface area (Å²) in [5.41, 5.74) is 1.73. The summed E-state index contributed by atoms with van der Waals surface area (Å²) < 4.78 is 27.8. The number of hydrogen-bond acceptors (Lipinski definition) is 4. The Morgan fingerprint density at radius 1 is 1.35 bits per heavy atom. The standard InChI is InChI=1S/C18H20BrN3O3S/c1-13-10-15(6-7-17(13)19)21-18(23)14-4-3-9-22(12-14)26(24,25)16-5-2-8-20-11-16/h2,5-8,10-11,14H,3-4,9,12H2,1H3,(H,21,23)/t14-/m0/s1. The number of sulfonamides is 1. The zero-order chi connectivity index (χ0) is 18.7. The van der Waals surface area contributed by atoms with Crippen LogP contribution in [-0.4, -0.2) is 36.7 Å². The molecule has 0 radical (unpaired) electrons. The van der Waals surface area contributed by atoms with Gasteiger partial charge in [-0.25, -0.2) is 8.42 Å². The van der Waals surface area contributed by atoms with Crippen LogP contribution in [0, 0.1) is 12.8 Å². The van der Waals surface area contributed by atoms with Crippen LogP contribution in [0.1, 0.15) is 18.4 Å². The van der Waals surface area contributed by atoms with E-state index in [9.17, 15) is 13.2 Å². The van der Waals surface area contributed by atoms with Gasteiger partial charge in [0.25, 0.3) is 0 Å². The van der Waals surface area contributed by atoms with Crippen molar-refractivity contribution in [2.45, 2.75) is 24.7 Å². The van der Waals surface area contributed by atoms with Crippen LogP contribution >= 0.6 is 15.9 Å². The molecule has 1 aliphatic rings. The van der Waals surface area contributed by atoms with Crippen LogP contribution in [0.25, 0.3) is 0 Å². The number of nitrogens with one attached hydrogen (secondary N) is 1.